The molecule has 1 aromatic carbocycles. The van der Waals surface area contributed by atoms with Crippen molar-refractivity contribution in [1.29, 1.82) is 0 Å². The van der Waals surface area contributed by atoms with E-state index in [0.29, 0.717) is 0 Å². The third-order valence-corrected chi connectivity index (χ3v) is 3.57. The van der Waals surface area contributed by atoms with Gasteiger partial charge in [0.25, 0.3) is 5.56 Å². The van der Waals surface area contributed by atoms with Crippen LogP contribution in [0.2, 0.25) is 0 Å². The number of hydrogen-bond donors (Lipinski definition) is 3. The fraction of sp³-hybridized carbons (Fsp3) is 0.154. The number of nitrogens with zero attached hydrogens (tertiary/aromatic N) is 1. The Morgan fingerprint density at radius 1 is 1.36 bits per heavy atom. The van der Waals surface area contributed by atoms with Gasteiger partial charge in [0, 0.05) is 17.8 Å². The summed E-state index contributed by atoms with van der Waals surface area (Å²) >= 11 is 0.980. The molecule has 116 valence electrons. The summed E-state index contributed by atoms with van der Waals surface area (Å²) in [5.74, 6) is -2.47. The first kappa shape index (κ1) is 16.0. The lowest BCUT2D eigenvalue weighted by atomic mass is 10.3. The number of nitrogen functional groups attached to an aromatic ring is 1. The molecule has 9 heteroatoms. The van der Waals surface area contributed by atoms with E-state index in [9.17, 15) is 18.4 Å². The quantitative estimate of drug-likeness (QED) is 0.587. The molecule has 0 aliphatic rings. The molecule has 0 saturated carbocycles. The van der Waals surface area contributed by atoms with Crippen molar-refractivity contribution in [1.82, 2.24) is 9.97 Å². The van der Waals surface area contributed by atoms with Gasteiger partial charge < -0.3 is 16.0 Å². The maximum atomic E-state index is 13.1. The fourth-order valence-electron chi connectivity index (χ4n) is 1.55. The molecular weight excluding hydrogens is 314 g/mol. The zero-order valence-corrected chi connectivity index (χ0v) is 12.2. The highest BCUT2D eigenvalue weighted by Gasteiger charge is 2.17. The molecule has 0 spiro atoms. The third-order valence-electron chi connectivity index (χ3n) is 2.58. The van der Waals surface area contributed by atoms with E-state index < -0.39 is 28.4 Å². The van der Waals surface area contributed by atoms with Crippen molar-refractivity contribution in [2.24, 2.45) is 0 Å². The lowest BCUT2D eigenvalue weighted by Crippen LogP contribution is -2.23. The summed E-state index contributed by atoms with van der Waals surface area (Å²) < 4.78 is 25.9. The van der Waals surface area contributed by atoms with Crippen LogP contribution >= 0.6 is 11.8 Å². The third kappa shape index (κ3) is 4.04. The van der Waals surface area contributed by atoms with Crippen LogP contribution < -0.4 is 16.6 Å². The molecule has 1 heterocycles. The summed E-state index contributed by atoms with van der Waals surface area (Å²) in [6, 6.07) is 4.16. The van der Waals surface area contributed by atoms with E-state index in [1.165, 1.54) is 6.07 Å². The van der Waals surface area contributed by atoms with E-state index in [1.807, 2.05) is 0 Å². The summed E-state index contributed by atoms with van der Waals surface area (Å²) in [5.41, 5.74) is 5.15. The van der Waals surface area contributed by atoms with Crippen LogP contribution in [0.15, 0.2) is 34.2 Å². The number of H-pyrrole nitrogens is 1. The van der Waals surface area contributed by atoms with Gasteiger partial charge in [0.2, 0.25) is 5.91 Å². The van der Waals surface area contributed by atoms with Gasteiger partial charge in [0.1, 0.15) is 5.82 Å². The number of amides is 1. The number of benzene rings is 1. The van der Waals surface area contributed by atoms with Gasteiger partial charge in [-0.3, -0.25) is 9.59 Å². The molecule has 1 amide bonds. The average molecular weight is 326 g/mol. The minimum atomic E-state index is -1.06. The summed E-state index contributed by atoms with van der Waals surface area (Å²) in [6.45, 7) is 1.57. The van der Waals surface area contributed by atoms with Gasteiger partial charge in [-0.25, -0.2) is 13.8 Å². The predicted molar refractivity (Wildman–Crippen MR) is 79.6 cm³/mol. The summed E-state index contributed by atoms with van der Waals surface area (Å²) in [6.07, 6.45) is 0. The fourth-order valence-corrected chi connectivity index (χ4v) is 2.37. The van der Waals surface area contributed by atoms with E-state index in [4.69, 9.17) is 5.73 Å². The SMILES string of the molecule is CC(Sc1nc(N)cc(=O)[nH]1)C(=O)Nc1ccc(F)c(F)c1. The summed E-state index contributed by atoms with van der Waals surface area (Å²) in [5, 5.41) is 1.99. The molecule has 4 N–H and O–H groups in total. The van der Waals surface area contributed by atoms with Gasteiger partial charge in [0.05, 0.1) is 5.25 Å². The number of rotatable bonds is 4. The second-order valence-electron chi connectivity index (χ2n) is 4.35. The number of anilines is 2. The van der Waals surface area contributed by atoms with Crippen molar-refractivity contribution in [2.45, 2.75) is 17.3 Å². The van der Waals surface area contributed by atoms with Crippen molar-refractivity contribution in [3.8, 4) is 0 Å². The number of halogens is 2. The molecule has 0 fully saturated rings. The number of hydrogen-bond acceptors (Lipinski definition) is 5. The lowest BCUT2D eigenvalue weighted by molar-refractivity contribution is -0.115. The predicted octanol–water partition coefficient (Wildman–Crippen LogP) is 1.75. The van der Waals surface area contributed by atoms with Gasteiger partial charge in [-0.1, -0.05) is 11.8 Å². The van der Waals surface area contributed by atoms with E-state index in [-0.39, 0.29) is 16.7 Å². The van der Waals surface area contributed by atoms with Crippen molar-refractivity contribution in [3.63, 3.8) is 0 Å². The number of nitrogens with two attached hydrogens (primary N) is 1. The maximum absolute atomic E-state index is 13.1. The van der Waals surface area contributed by atoms with Crippen molar-refractivity contribution < 1.29 is 13.6 Å². The minimum Gasteiger partial charge on any atom is -0.383 e. The number of thioether (sulfide) groups is 1. The summed E-state index contributed by atoms with van der Waals surface area (Å²) in [7, 11) is 0. The Kier molecular flexibility index (Phi) is 4.76. The maximum Gasteiger partial charge on any atom is 0.253 e. The molecule has 0 aliphatic carbocycles. The first-order chi connectivity index (χ1) is 10.3. The Bertz CT molecular complexity index is 766. The van der Waals surface area contributed by atoms with Crippen molar-refractivity contribution >= 4 is 29.2 Å². The van der Waals surface area contributed by atoms with E-state index in [2.05, 4.69) is 15.3 Å². The Balaban J connectivity index is 2.05. The molecule has 1 atom stereocenters. The first-order valence-electron chi connectivity index (χ1n) is 6.14. The first-order valence-corrected chi connectivity index (χ1v) is 7.02. The van der Waals surface area contributed by atoms with Gasteiger partial charge in [-0.15, -0.1) is 0 Å². The Hall–Kier alpha value is -2.42. The Morgan fingerprint density at radius 2 is 2.09 bits per heavy atom. The molecule has 2 aromatic rings. The Morgan fingerprint density at radius 3 is 2.73 bits per heavy atom. The van der Waals surface area contributed by atoms with Crippen LogP contribution in [-0.4, -0.2) is 21.1 Å². The molecule has 1 aromatic heterocycles. The molecular formula is C13H12F2N4O2S. The second kappa shape index (κ2) is 6.56. The van der Waals surface area contributed by atoms with Crippen molar-refractivity contribution in [3.05, 3.63) is 46.3 Å². The normalized spacial score (nSPS) is 12.0. The summed E-state index contributed by atoms with van der Waals surface area (Å²) in [4.78, 5) is 29.6. The highest BCUT2D eigenvalue weighted by molar-refractivity contribution is 8.00. The molecule has 6 nitrogen and oxygen atoms in total. The number of aromatic amines is 1. The van der Waals surface area contributed by atoms with Gasteiger partial charge >= 0.3 is 0 Å². The highest BCUT2D eigenvalue weighted by atomic mass is 32.2. The number of carbonyl (C=O) groups excluding carboxylic acids is 1. The molecule has 22 heavy (non-hydrogen) atoms. The molecule has 2 rings (SSSR count). The Labute approximate surface area is 128 Å². The lowest BCUT2D eigenvalue weighted by Gasteiger charge is -2.11. The van der Waals surface area contributed by atoms with E-state index >= 15 is 0 Å². The van der Waals surface area contributed by atoms with Crippen LogP contribution in [0, 0.1) is 11.6 Å². The topological polar surface area (TPSA) is 101 Å². The molecule has 1 unspecified atom stereocenters. The molecule has 0 bridgehead atoms. The number of carbonyl (C=O) groups is 1. The highest BCUT2D eigenvalue weighted by Crippen LogP contribution is 2.21. The molecule has 0 aliphatic heterocycles. The monoisotopic (exact) mass is 326 g/mol. The second-order valence-corrected chi connectivity index (χ2v) is 5.68. The standard InChI is InChI=1S/C13H12F2N4O2S/c1-6(22-13-18-10(16)5-11(20)19-13)12(21)17-7-2-3-8(14)9(15)4-7/h2-6H,1H3,(H,17,21)(H3,16,18,19,20). The van der Waals surface area contributed by atoms with Gasteiger partial charge in [0.15, 0.2) is 16.8 Å². The average Bonchev–Trinajstić information content (AvgIpc) is 2.41. The molecule has 0 radical (unpaired) electrons. The van der Waals surface area contributed by atoms with E-state index in [1.54, 1.807) is 6.92 Å². The van der Waals surface area contributed by atoms with Crippen LogP contribution in [0.4, 0.5) is 20.3 Å². The van der Waals surface area contributed by atoms with Crippen LogP contribution in [0.1, 0.15) is 6.92 Å². The van der Waals surface area contributed by atoms with E-state index in [0.717, 1.165) is 30.0 Å². The number of aromatic nitrogens is 2. The van der Waals surface area contributed by atoms with Crippen LogP contribution in [0.3, 0.4) is 0 Å². The van der Waals surface area contributed by atoms with Crippen molar-refractivity contribution in [2.75, 3.05) is 11.1 Å². The van der Waals surface area contributed by atoms with Crippen LogP contribution in [0.25, 0.3) is 0 Å². The zero-order valence-electron chi connectivity index (χ0n) is 11.4. The van der Waals surface area contributed by atoms with Crippen LogP contribution in [-0.2, 0) is 4.79 Å². The van der Waals surface area contributed by atoms with Gasteiger partial charge in [-0.2, -0.15) is 0 Å². The zero-order chi connectivity index (χ0) is 16.3. The largest absolute Gasteiger partial charge is 0.383 e. The smallest absolute Gasteiger partial charge is 0.253 e. The number of nitrogens with one attached hydrogen (secondary N) is 2. The molecule has 0 saturated heterocycles. The van der Waals surface area contributed by atoms with Gasteiger partial charge in [-0.05, 0) is 19.1 Å². The van der Waals surface area contributed by atoms with Crippen LogP contribution in [0.5, 0.6) is 0 Å². The minimum absolute atomic E-state index is 0.0412.